The van der Waals surface area contributed by atoms with Crippen LogP contribution in [-0.4, -0.2) is 61.0 Å². The summed E-state index contributed by atoms with van der Waals surface area (Å²) in [6, 6.07) is 10.9. The van der Waals surface area contributed by atoms with Gasteiger partial charge in [-0.3, -0.25) is 4.79 Å². The van der Waals surface area contributed by atoms with Crippen LogP contribution < -0.4 is 4.90 Å². The van der Waals surface area contributed by atoms with E-state index in [9.17, 15) is 17.6 Å². The number of rotatable bonds is 8. The van der Waals surface area contributed by atoms with Crippen molar-refractivity contribution >= 4 is 32.7 Å². The topological polar surface area (TPSA) is 84.7 Å². The first-order chi connectivity index (χ1) is 16.3. The van der Waals surface area contributed by atoms with Gasteiger partial charge in [-0.1, -0.05) is 0 Å². The maximum absolute atomic E-state index is 13.3. The Balaban J connectivity index is 1.55. The molecule has 1 aliphatic heterocycles. The van der Waals surface area contributed by atoms with E-state index in [-0.39, 0.29) is 23.0 Å². The molecule has 182 valence electrons. The zero-order valence-electron chi connectivity index (χ0n) is 19.4. The second-order valence-electron chi connectivity index (χ2n) is 8.05. The second-order valence-corrected chi connectivity index (χ2v) is 9.99. The van der Waals surface area contributed by atoms with E-state index in [4.69, 9.17) is 4.74 Å². The summed E-state index contributed by atoms with van der Waals surface area (Å²) in [7, 11) is -3.62. The minimum atomic E-state index is -3.62. The molecule has 4 rings (SSSR count). The number of nitrogens with zero attached hydrogens (tertiary/aromatic N) is 4. The van der Waals surface area contributed by atoms with Gasteiger partial charge in [-0.2, -0.15) is 4.31 Å². The molecule has 0 saturated carbocycles. The zero-order valence-corrected chi connectivity index (χ0v) is 20.2. The quantitative estimate of drug-likeness (QED) is 0.486. The standard InChI is InChI=1S/C24H29FN4O4S/c1-3-28(19-7-5-18(25)6-8-19)24(30)12-11-23-26-21-17-20(9-10-22(21)29(23)4-2)34(31,32)27-13-15-33-16-14-27/h5-10,17H,3-4,11-16H2,1-2H3. The monoisotopic (exact) mass is 488 g/mol. The lowest BCUT2D eigenvalue weighted by Gasteiger charge is -2.26. The molecule has 8 nitrogen and oxygen atoms in total. The number of amides is 1. The van der Waals surface area contributed by atoms with Crippen LogP contribution >= 0.6 is 0 Å². The lowest BCUT2D eigenvalue weighted by Crippen LogP contribution is -2.40. The molecule has 3 aromatic rings. The van der Waals surface area contributed by atoms with E-state index in [1.54, 1.807) is 35.2 Å². The number of hydrogen-bond donors (Lipinski definition) is 0. The summed E-state index contributed by atoms with van der Waals surface area (Å²) in [4.78, 5) is 19.4. The Morgan fingerprint density at radius 1 is 1.12 bits per heavy atom. The largest absolute Gasteiger partial charge is 0.379 e. The van der Waals surface area contributed by atoms with Gasteiger partial charge >= 0.3 is 0 Å². The Hall–Kier alpha value is -2.82. The van der Waals surface area contributed by atoms with Crippen molar-refractivity contribution in [3.63, 3.8) is 0 Å². The van der Waals surface area contributed by atoms with E-state index >= 15 is 0 Å². The molecular formula is C24H29FN4O4S. The summed E-state index contributed by atoms with van der Waals surface area (Å²) >= 11 is 0. The number of fused-ring (bicyclic) bond motifs is 1. The normalized spacial score (nSPS) is 15.0. The van der Waals surface area contributed by atoms with Crippen LogP contribution in [0.1, 0.15) is 26.1 Å². The number of aryl methyl sites for hydroxylation is 2. The Morgan fingerprint density at radius 2 is 1.82 bits per heavy atom. The third kappa shape index (κ3) is 4.84. The number of sulfonamides is 1. The predicted octanol–water partition coefficient (Wildman–Crippen LogP) is 3.20. The number of aromatic nitrogens is 2. The van der Waals surface area contributed by atoms with Crippen LogP contribution in [0.2, 0.25) is 0 Å². The zero-order chi connectivity index (χ0) is 24.3. The highest BCUT2D eigenvalue weighted by Gasteiger charge is 2.27. The first-order valence-electron chi connectivity index (χ1n) is 11.5. The molecule has 0 aliphatic carbocycles. The molecular weight excluding hydrogens is 459 g/mol. The summed E-state index contributed by atoms with van der Waals surface area (Å²) in [5.74, 6) is 0.292. The molecule has 1 aromatic heterocycles. The van der Waals surface area contributed by atoms with Gasteiger partial charge in [-0.25, -0.2) is 17.8 Å². The molecule has 1 saturated heterocycles. The summed E-state index contributed by atoms with van der Waals surface area (Å²) in [6.45, 7) is 6.41. The summed E-state index contributed by atoms with van der Waals surface area (Å²) in [6.07, 6.45) is 0.637. The van der Waals surface area contributed by atoms with Crippen LogP contribution in [0.4, 0.5) is 10.1 Å². The average molecular weight is 489 g/mol. The fourth-order valence-electron chi connectivity index (χ4n) is 4.28. The van der Waals surface area contributed by atoms with Crippen molar-refractivity contribution in [3.8, 4) is 0 Å². The van der Waals surface area contributed by atoms with Crippen LogP contribution in [0.25, 0.3) is 11.0 Å². The van der Waals surface area contributed by atoms with Crippen LogP contribution in [0, 0.1) is 5.82 Å². The molecule has 0 spiro atoms. The first kappa shape index (κ1) is 24.3. The molecule has 0 N–H and O–H groups in total. The Bertz CT molecular complexity index is 1270. The van der Waals surface area contributed by atoms with Gasteiger partial charge in [-0.15, -0.1) is 0 Å². The number of carbonyl (C=O) groups is 1. The number of morpholine rings is 1. The van der Waals surface area contributed by atoms with Gasteiger partial charge in [0, 0.05) is 44.7 Å². The number of carbonyl (C=O) groups excluding carboxylic acids is 1. The lowest BCUT2D eigenvalue weighted by atomic mass is 10.2. The Labute approximate surface area is 199 Å². The molecule has 1 amide bonds. The van der Waals surface area contributed by atoms with Gasteiger partial charge < -0.3 is 14.2 Å². The maximum atomic E-state index is 13.3. The fraction of sp³-hybridized carbons (Fsp3) is 0.417. The SMILES string of the molecule is CCN(C(=O)CCc1nc2cc(S(=O)(=O)N3CCOCC3)ccc2n1CC)c1ccc(F)cc1. The van der Waals surface area contributed by atoms with Gasteiger partial charge in [-0.05, 0) is 56.3 Å². The molecule has 0 atom stereocenters. The van der Waals surface area contributed by atoms with E-state index < -0.39 is 10.0 Å². The van der Waals surface area contributed by atoms with Crippen LogP contribution in [-0.2, 0) is 32.5 Å². The minimum Gasteiger partial charge on any atom is -0.379 e. The van der Waals surface area contributed by atoms with Crippen LogP contribution in [0.15, 0.2) is 47.4 Å². The molecule has 2 aromatic carbocycles. The highest BCUT2D eigenvalue weighted by Crippen LogP contribution is 2.24. The molecule has 2 heterocycles. The molecule has 0 unspecified atom stereocenters. The maximum Gasteiger partial charge on any atom is 0.243 e. The Morgan fingerprint density at radius 3 is 2.47 bits per heavy atom. The fourth-order valence-corrected chi connectivity index (χ4v) is 5.71. The summed E-state index contributed by atoms with van der Waals surface area (Å²) in [5.41, 5.74) is 2.07. The van der Waals surface area contributed by atoms with Gasteiger partial charge in [0.15, 0.2) is 0 Å². The molecule has 1 fully saturated rings. The smallest absolute Gasteiger partial charge is 0.243 e. The van der Waals surface area contributed by atoms with Crippen molar-refractivity contribution in [2.45, 2.75) is 38.1 Å². The highest BCUT2D eigenvalue weighted by molar-refractivity contribution is 7.89. The van der Waals surface area contributed by atoms with Crippen molar-refractivity contribution in [2.24, 2.45) is 0 Å². The molecule has 10 heteroatoms. The number of imidazole rings is 1. The summed E-state index contributed by atoms with van der Waals surface area (Å²) < 4.78 is 48.0. The Kier molecular flexibility index (Phi) is 7.30. The number of anilines is 1. The third-order valence-electron chi connectivity index (χ3n) is 6.04. The number of halogens is 1. The van der Waals surface area contributed by atoms with Crippen molar-refractivity contribution in [2.75, 3.05) is 37.7 Å². The van der Waals surface area contributed by atoms with Crippen molar-refractivity contribution in [3.05, 3.63) is 54.1 Å². The van der Waals surface area contributed by atoms with Crippen molar-refractivity contribution < 1.29 is 22.3 Å². The van der Waals surface area contributed by atoms with E-state index in [0.29, 0.717) is 57.0 Å². The van der Waals surface area contributed by atoms with Gasteiger partial charge in [0.1, 0.15) is 11.6 Å². The van der Waals surface area contributed by atoms with E-state index in [1.807, 2.05) is 18.4 Å². The predicted molar refractivity (Wildman–Crippen MR) is 128 cm³/mol. The van der Waals surface area contributed by atoms with Gasteiger partial charge in [0.2, 0.25) is 15.9 Å². The van der Waals surface area contributed by atoms with Gasteiger partial charge in [0.05, 0.1) is 29.1 Å². The second kappa shape index (κ2) is 10.2. The number of benzene rings is 2. The van der Waals surface area contributed by atoms with E-state index in [0.717, 1.165) is 11.3 Å². The molecule has 0 bridgehead atoms. The molecule has 34 heavy (non-hydrogen) atoms. The van der Waals surface area contributed by atoms with Crippen molar-refractivity contribution in [1.29, 1.82) is 0 Å². The van der Waals surface area contributed by atoms with Crippen molar-refractivity contribution in [1.82, 2.24) is 13.9 Å². The molecule has 0 radical (unpaired) electrons. The minimum absolute atomic E-state index is 0.0839. The van der Waals surface area contributed by atoms with Gasteiger partial charge in [0.25, 0.3) is 0 Å². The van der Waals surface area contributed by atoms with E-state index in [2.05, 4.69) is 4.98 Å². The first-order valence-corrected chi connectivity index (χ1v) is 12.9. The number of hydrogen-bond acceptors (Lipinski definition) is 5. The number of ether oxygens (including phenoxy) is 1. The molecule has 1 aliphatic rings. The highest BCUT2D eigenvalue weighted by atomic mass is 32.2. The lowest BCUT2D eigenvalue weighted by molar-refractivity contribution is -0.118. The third-order valence-corrected chi connectivity index (χ3v) is 7.94. The van der Waals surface area contributed by atoms with E-state index in [1.165, 1.54) is 16.4 Å². The van der Waals surface area contributed by atoms with Crippen LogP contribution in [0.5, 0.6) is 0 Å². The van der Waals surface area contributed by atoms with Crippen LogP contribution in [0.3, 0.4) is 0 Å². The average Bonchev–Trinajstić information content (AvgIpc) is 3.21. The summed E-state index contributed by atoms with van der Waals surface area (Å²) in [5, 5.41) is 0.